The molecule has 26 heavy (non-hydrogen) atoms. The molecule has 0 bridgehead atoms. The molecule has 0 aromatic heterocycles. The number of hydrogen-bond acceptors (Lipinski definition) is 2. The van der Waals surface area contributed by atoms with Crippen molar-refractivity contribution in [3.63, 3.8) is 0 Å². The first-order chi connectivity index (χ1) is 12.7. The second kappa shape index (κ2) is 8.57. The predicted molar refractivity (Wildman–Crippen MR) is 107 cm³/mol. The van der Waals surface area contributed by atoms with Gasteiger partial charge in [-0.1, -0.05) is 55.5 Å². The zero-order chi connectivity index (χ0) is 18.4. The third kappa shape index (κ3) is 4.45. The topological polar surface area (TPSA) is 18.5 Å². The number of aryl methyl sites for hydroxylation is 1. The SMILES string of the molecule is CCc1cccc(Cc2ccc(Cc3cccc(OC)c3)cc2OC)c1. The molecule has 0 fully saturated rings. The Hall–Kier alpha value is -2.74. The minimum Gasteiger partial charge on any atom is -0.497 e. The third-order valence-electron chi connectivity index (χ3n) is 4.69. The minimum absolute atomic E-state index is 0.860. The number of rotatable bonds is 7. The Morgan fingerprint density at radius 3 is 2.08 bits per heavy atom. The third-order valence-corrected chi connectivity index (χ3v) is 4.69. The molecule has 0 N–H and O–H groups in total. The van der Waals surface area contributed by atoms with E-state index in [-0.39, 0.29) is 0 Å². The maximum Gasteiger partial charge on any atom is 0.122 e. The van der Waals surface area contributed by atoms with Gasteiger partial charge < -0.3 is 9.47 Å². The lowest BCUT2D eigenvalue weighted by Crippen LogP contribution is -1.97. The van der Waals surface area contributed by atoms with Crippen LogP contribution in [-0.4, -0.2) is 14.2 Å². The van der Waals surface area contributed by atoms with Crippen LogP contribution in [0.5, 0.6) is 11.5 Å². The zero-order valence-corrected chi connectivity index (χ0v) is 15.8. The number of methoxy groups -OCH3 is 2. The fraction of sp³-hybridized carbons (Fsp3) is 0.250. The Bertz CT molecular complexity index is 868. The first kappa shape index (κ1) is 18.1. The number of hydrogen-bond donors (Lipinski definition) is 0. The van der Waals surface area contributed by atoms with Crippen LogP contribution in [0.15, 0.2) is 66.7 Å². The van der Waals surface area contributed by atoms with Crippen molar-refractivity contribution < 1.29 is 9.47 Å². The summed E-state index contributed by atoms with van der Waals surface area (Å²) in [5.41, 5.74) is 6.38. The second-order valence-corrected chi connectivity index (χ2v) is 6.52. The van der Waals surface area contributed by atoms with E-state index < -0.39 is 0 Å². The Balaban J connectivity index is 1.80. The van der Waals surface area contributed by atoms with E-state index in [1.807, 2.05) is 12.1 Å². The molecule has 0 unspecified atom stereocenters. The zero-order valence-electron chi connectivity index (χ0n) is 15.8. The smallest absolute Gasteiger partial charge is 0.122 e. The van der Waals surface area contributed by atoms with Gasteiger partial charge in [-0.15, -0.1) is 0 Å². The van der Waals surface area contributed by atoms with Crippen LogP contribution in [0.25, 0.3) is 0 Å². The van der Waals surface area contributed by atoms with Gasteiger partial charge in [0.1, 0.15) is 11.5 Å². The van der Waals surface area contributed by atoms with Crippen molar-refractivity contribution >= 4 is 0 Å². The lowest BCUT2D eigenvalue weighted by Gasteiger charge is -2.12. The van der Waals surface area contributed by atoms with Crippen LogP contribution in [-0.2, 0) is 19.3 Å². The van der Waals surface area contributed by atoms with Crippen molar-refractivity contribution in [3.05, 3.63) is 94.5 Å². The molecule has 0 aliphatic heterocycles. The first-order valence-corrected chi connectivity index (χ1v) is 9.08. The first-order valence-electron chi connectivity index (χ1n) is 9.08. The second-order valence-electron chi connectivity index (χ2n) is 6.52. The highest BCUT2D eigenvalue weighted by atomic mass is 16.5. The van der Waals surface area contributed by atoms with E-state index in [1.54, 1.807) is 14.2 Å². The fourth-order valence-electron chi connectivity index (χ4n) is 3.24. The van der Waals surface area contributed by atoms with Crippen molar-refractivity contribution in [1.82, 2.24) is 0 Å². The van der Waals surface area contributed by atoms with E-state index in [2.05, 4.69) is 61.5 Å². The molecule has 2 nitrogen and oxygen atoms in total. The van der Waals surface area contributed by atoms with E-state index in [0.717, 1.165) is 30.8 Å². The van der Waals surface area contributed by atoms with Crippen LogP contribution in [0.1, 0.15) is 34.7 Å². The lowest BCUT2D eigenvalue weighted by molar-refractivity contribution is 0.410. The molecule has 0 saturated heterocycles. The molecule has 2 heteroatoms. The Kier molecular flexibility index (Phi) is 5.96. The van der Waals surface area contributed by atoms with Gasteiger partial charge in [0.25, 0.3) is 0 Å². The van der Waals surface area contributed by atoms with Crippen molar-refractivity contribution in [2.24, 2.45) is 0 Å². The molecule has 3 aromatic carbocycles. The monoisotopic (exact) mass is 346 g/mol. The average molecular weight is 346 g/mol. The van der Waals surface area contributed by atoms with Gasteiger partial charge in [-0.3, -0.25) is 0 Å². The standard InChI is InChI=1S/C24H26O2/c1-4-18-7-5-8-19(13-18)15-22-12-11-21(17-24(22)26-3)14-20-9-6-10-23(16-20)25-2/h5-13,16-17H,4,14-15H2,1-3H3. The highest BCUT2D eigenvalue weighted by Crippen LogP contribution is 2.25. The molecule has 0 aliphatic carbocycles. The normalized spacial score (nSPS) is 10.6. The van der Waals surface area contributed by atoms with Crippen molar-refractivity contribution in [1.29, 1.82) is 0 Å². The summed E-state index contributed by atoms with van der Waals surface area (Å²) in [4.78, 5) is 0. The van der Waals surface area contributed by atoms with Gasteiger partial charge in [-0.25, -0.2) is 0 Å². The predicted octanol–water partition coefficient (Wildman–Crippen LogP) is 5.45. The maximum atomic E-state index is 5.67. The van der Waals surface area contributed by atoms with E-state index in [4.69, 9.17) is 9.47 Å². The summed E-state index contributed by atoms with van der Waals surface area (Å²) in [5, 5.41) is 0. The molecule has 3 rings (SSSR count). The van der Waals surface area contributed by atoms with Gasteiger partial charge in [-0.05, 0) is 58.9 Å². The molecule has 134 valence electrons. The summed E-state index contributed by atoms with van der Waals surface area (Å²) in [7, 11) is 3.45. The summed E-state index contributed by atoms with van der Waals surface area (Å²) < 4.78 is 11.0. The minimum atomic E-state index is 0.860. The van der Waals surface area contributed by atoms with E-state index in [9.17, 15) is 0 Å². The van der Waals surface area contributed by atoms with Crippen LogP contribution >= 0.6 is 0 Å². The summed E-state index contributed by atoms with van der Waals surface area (Å²) >= 11 is 0. The largest absolute Gasteiger partial charge is 0.497 e. The molecule has 0 heterocycles. The van der Waals surface area contributed by atoms with Gasteiger partial charge in [0.15, 0.2) is 0 Å². The summed E-state index contributed by atoms with van der Waals surface area (Å²) in [5.74, 6) is 1.84. The summed E-state index contributed by atoms with van der Waals surface area (Å²) in [6.07, 6.45) is 2.81. The molecular formula is C24H26O2. The van der Waals surface area contributed by atoms with Crippen LogP contribution < -0.4 is 9.47 Å². The Morgan fingerprint density at radius 2 is 1.35 bits per heavy atom. The maximum absolute atomic E-state index is 5.67. The summed E-state index contributed by atoms with van der Waals surface area (Å²) in [6.45, 7) is 2.19. The van der Waals surface area contributed by atoms with Gasteiger partial charge in [0, 0.05) is 6.42 Å². The highest BCUT2D eigenvalue weighted by molar-refractivity contribution is 5.43. The molecule has 0 radical (unpaired) electrons. The van der Waals surface area contributed by atoms with Crippen molar-refractivity contribution in [2.75, 3.05) is 14.2 Å². The van der Waals surface area contributed by atoms with E-state index in [1.165, 1.54) is 27.8 Å². The molecular weight excluding hydrogens is 320 g/mol. The van der Waals surface area contributed by atoms with Gasteiger partial charge >= 0.3 is 0 Å². The quantitative estimate of drug-likeness (QED) is 0.566. The van der Waals surface area contributed by atoms with Crippen LogP contribution in [0.4, 0.5) is 0 Å². The van der Waals surface area contributed by atoms with E-state index >= 15 is 0 Å². The number of ether oxygens (including phenoxy) is 2. The molecule has 0 atom stereocenters. The van der Waals surface area contributed by atoms with Crippen molar-refractivity contribution in [3.8, 4) is 11.5 Å². The molecule has 0 amide bonds. The number of benzene rings is 3. The molecule has 0 aliphatic rings. The van der Waals surface area contributed by atoms with Gasteiger partial charge in [-0.2, -0.15) is 0 Å². The molecule has 0 saturated carbocycles. The van der Waals surface area contributed by atoms with Gasteiger partial charge in [0.2, 0.25) is 0 Å². The molecule has 3 aromatic rings. The van der Waals surface area contributed by atoms with Gasteiger partial charge in [0.05, 0.1) is 14.2 Å². The Morgan fingerprint density at radius 1 is 0.654 bits per heavy atom. The fourth-order valence-corrected chi connectivity index (χ4v) is 3.24. The van der Waals surface area contributed by atoms with Crippen LogP contribution in [0, 0.1) is 0 Å². The molecule has 0 spiro atoms. The summed E-state index contributed by atoms with van der Waals surface area (Å²) in [6, 6.07) is 23.5. The average Bonchev–Trinajstić information content (AvgIpc) is 2.69. The van der Waals surface area contributed by atoms with E-state index in [0.29, 0.717) is 0 Å². The van der Waals surface area contributed by atoms with Crippen LogP contribution in [0.2, 0.25) is 0 Å². The Labute approximate surface area is 156 Å². The lowest BCUT2D eigenvalue weighted by atomic mass is 9.98. The highest BCUT2D eigenvalue weighted by Gasteiger charge is 2.07. The van der Waals surface area contributed by atoms with Crippen molar-refractivity contribution in [2.45, 2.75) is 26.2 Å². The van der Waals surface area contributed by atoms with Crippen LogP contribution in [0.3, 0.4) is 0 Å².